The molecule has 3 rings (SSSR count). The summed E-state index contributed by atoms with van der Waals surface area (Å²) < 4.78 is 39.5. The van der Waals surface area contributed by atoms with Crippen LogP contribution in [0.15, 0.2) is 48.8 Å². The lowest BCUT2D eigenvalue weighted by atomic mass is 10.0. The highest BCUT2D eigenvalue weighted by Gasteiger charge is 2.30. The van der Waals surface area contributed by atoms with Crippen LogP contribution in [0.4, 0.5) is 13.2 Å². The first-order chi connectivity index (χ1) is 11.0. The van der Waals surface area contributed by atoms with Crippen molar-refractivity contribution in [1.82, 2.24) is 9.61 Å². The summed E-state index contributed by atoms with van der Waals surface area (Å²) in [5, 5.41) is 4.93. The Morgan fingerprint density at radius 1 is 1.09 bits per heavy atom. The summed E-state index contributed by atoms with van der Waals surface area (Å²) >= 11 is 3.39. The van der Waals surface area contributed by atoms with Crippen LogP contribution >= 0.6 is 15.9 Å². The molecular weight excluding hydrogens is 369 g/mol. The minimum atomic E-state index is -4.32. The number of halogens is 4. The number of benzene rings is 1. The molecule has 0 unspecified atom stereocenters. The zero-order valence-corrected chi connectivity index (χ0v) is 14.3. The topological polar surface area (TPSA) is 17.3 Å². The Morgan fingerprint density at radius 3 is 2.30 bits per heavy atom. The second-order valence-corrected chi connectivity index (χ2v) is 5.19. The van der Waals surface area contributed by atoms with Gasteiger partial charge in [0.1, 0.15) is 0 Å². The first-order valence-corrected chi connectivity index (χ1v) is 8.31. The van der Waals surface area contributed by atoms with Crippen LogP contribution in [0.1, 0.15) is 25.0 Å². The van der Waals surface area contributed by atoms with E-state index in [4.69, 9.17) is 0 Å². The van der Waals surface area contributed by atoms with Crippen LogP contribution in [-0.2, 0) is 11.5 Å². The number of hydrogen-bond donors (Lipinski definition) is 0. The van der Waals surface area contributed by atoms with Crippen molar-refractivity contribution >= 4 is 21.4 Å². The predicted octanol–water partition coefficient (Wildman–Crippen LogP) is 5.94. The minimum absolute atomic E-state index is 0.649. The van der Waals surface area contributed by atoms with Crippen LogP contribution in [0.3, 0.4) is 0 Å². The molecule has 0 N–H and O–H groups in total. The van der Waals surface area contributed by atoms with Gasteiger partial charge >= 0.3 is 6.18 Å². The van der Waals surface area contributed by atoms with E-state index < -0.39 is 11.7 Å². The Morgan fingerprint density at radius 2 is 1.74 bits per heavy atom. The summed E-state index contributed by atoms with van der Waals surface area (Å²) in [6.45, 7) is 4.00. The van der Waals surface area contributed by atoms with Crippen LogP contribution in [0, 0.1) is 0 Å². The fraction of sp³-hybridized carbons (Fsp3) is 0.235. The molecule has 0 aliphatic carbocycles. The molecule has 2 aromatic heterocycles. The molecule has 0 fully saturated rings. The smallest absolute Gasteiger partial charge is 0.240 e. The Balaban J connectivity index is 0.000000924. The van der Waals surface area contributed by atoms with Crippen LogP contribution < -0.4 is 0 Å². The van der Waals surface area contributed by atoms with Crippen molar-refractivity contribution in [3.8, 4) is 11.1 Å². The normalized spacial score (nSPS) is 11.2. The molecule has 6 heteroatoms. The zero-order valence-electron chi connectivity index (χ0n) is 12.7. The molecule has 0 amide bonds. The van der Waals surface area contributed by atoms with E-state index in [0.717, 1.165) is 28.8 Å². The summed E-state index contributed by atoms with van der Waals surface area (Å²) in [4.78, 5) is 0. The van der Waals surface area contributed by atoms with E-state index in [2.05, 4.69) is 21.0 Å². The third kappa shape index (κ3) is 3.75. The Kier molecular flexibility index (Phi) is 5.46. The Bertz CT molecular complexity index is 777. The zero-order chi connectivity index (χ0) is 17.0. The summed E-state index contributed by atoms with van der Waals surface area (Å²) in [6, 6.07) is 9.03. The number of nitrogens with zero attached hydrogens (tertiary/aromatic N) is 2. The van der Waals surface area contributed by atoms with E-state index in [1.165, 1.54) is 12.1 Å². The number of hydrogen-bond acceptors (Lipinski definition) is 1. The van der Waals surface area contributed by atoms with Gasteiger partial charge in [-0.15, -0.1) is 0 Å². The number of aromatic nitrogens is 2. The number of fused-ring (bicyclic) bond motifs is 1. The molecule has 0 saturated carbocycles. The quantitative estimate of drug-likeness (QED) is 0.499. The van der Waals surface area contributed by atoms with Crippen molar-refractivity contribution in [2.75, 3.05) is 0 Å². The van der Waals surface area contributed by atoms with E-state index in [1.807, 2.05) is 32.2 Å². The molecule has 0 spiro atoms. The van der Waals surface area contributed by atoms with Crippen LogP contribution in [0.2, 0.25) is 0 Å². The average Bonchev–Trinajstić information content (AvgIpc) is 2.99. The highest BCUT2D eigenvalue weighted by atomic mass is 79.9. The summed E-state index contributed by atoms with van der Waals surface area (Å²) in [6.07, 6.45) is -0.821. The van der Waals surface area contributed by atoms with Gasteiger partial charge in [0.15, 0.2) is 0 Å². The fourth-order valence-electron chi connectivity index (χ4n) is 2.17. The maximum atomic E-state index is 12.6. The molecule has 0 atom stereocenters. The van der Waals surface area contributed by atoms with Gasteiger partial charge in [-0.1, -0.05) is 41.9 Å². The maximum Gasteiger partial charge on any atom is 0.416 e. The fourth-order valence-corrected chi connectivity index (χ4v) is 2.52. The largest absolute Gasteiger partial charge is 0.416 e. The van der Waals surface area contributed by atoms with Gasteiger partial charge in [-0.05, 0) is 35.4 Å². The van der Waals surface area contributed by atoms with Crippen molar-refractivity contribution < 1.29 is 13.2 Å². The first kappa shape index (κ1) is 17.5. The number of pyridine rings is 1. The molecule has 0 radical (unpaired) electrons. The molecule has 3 aromatic rings. The van der Waals surface area contributed by atoms with Gasteiger partial charge in [-0.25, -0.2) is 4.52 Å². The maximum absolute atomic E-state index is 12.6. The number of rotatable bonds is 2. The van der Waals surface area contributed by atoms with Crippen molar-refractivity contribution in [3.05, 3.63) is 59.9 Å². The van der Waals surface area contributed by atoms with Gasteiger partial charge in [0, 0.05) is 17.1 Å². The lowest BCUT2D eigenvalue weighted by Crippen LogP contribution is -2.03. The van der Waals surface area contributed by atoms with Crippen LogP contribution in [0.5, 0.6) is 0 Å². The molecular formula is C17H16BrF3N2. The highest BCUT2D eigenvalue weighted by molar-refractivity contribution is 9.08. The molecule has 2 nitrogen and oxygen atoms in total. The van der Waals surface area contributed by atoms with E-state index >= 15 is 0 Å². The van der Waals surface area contributed by atoms with E-state index in [0.29, 0.717) is 10.9 Å². The molecule has 1 aromatic carbocycles. The molecule has 0 bridgehead atoms. The predicted molar refractivity (Wildman–Crippen MR) is 89.6 cm³/mol. The summed E-state index contributed by atoms with van der Waals surface area (Å²) in [5.74, 6) is 0. The van der Waals surface area contributed by atoms with E-state index in [9.17, 15) is 13.2 Å². The lowest BCUT2D eigenvalue weighted by molar-refractivity contribution is -0.137. The van der Waals surface area contributed by atoms with E-state index in [1.54, 1.807) is 10.7 Å². The first-order valence-electron chi connectivity index (χ1n) is 7.19. The molecule has 0 saturated heterocycles. The van der Waals surface area contributed by atoms with Gasteiger partial charge in [-0.3, -0.25) is 0 Å². The van der Waals surface area contributed by atoms with Crippen LogP contribution in [-0.4, -0.2) is 9.61 Å². The van der Waals surface area contributed by atoms with Crippen molar-refractivity contribution in [1.29, 1.82) is 0 Å². The third-order valence-electron chi connectivity index (χ3n) is 3.26. The monoisotopic (exact) mass is 384 g/mol. The van der Waals surface area contributed by atoms with Crippen molar-refractivity contribution in [3.63, 3.8) is 0 Å². The molecule has 23 heavy (non-hydrogen) atoms. The Labute approximate surface area is 141 Å². The molecule has 0 aliphatic rings. The lowest BCUT2D eigenvalue weighted by Gasteiger charge is -2.07. The second-order valence-electron chi connectivity index (χ2n) is 4.63. The third-order valence-corrected chi connectivity index (χ3v) is 3.91. The standard InChI is InChI=1S/C15H10BrF3N2.C2H6/c16-8-10-5-6-21-14(7-10)13(9-20-21)11-1-3-12(4-2-11)15(17,18)19;1-2/h1-7,9H,8H2;1-2H3. The Hall–Kier alpha value is -1.82. The minimum Gasteiger partial charge on any atom is -0.240 e. The van der Waals surface area contributed by atoms with Gasteiger partial charge in [-0.2, -0.15) is 18.3 Å². The van der Waals surface area contributed by atoms with Gasteiger partial charge in [0.2, 0.25) is 0 Å². The number of alkyl halides is 4. The van der Waals surface area contributed by atoms with Gasteiger partial charge in [0.05, 0.1) is 17.3 Å². The molecule has 2 heterocycles. The summed E-state index contributed by atoms with van der Waals surface area (Å²) in [7, 11) is 0. The van der Waals surface area contributed by atoms with E-state index in [-0.39, 0.29) is 0 Å². The summed E-state index contributed by atoms with van der Waals surface area (Å²) in [5.41, 5.74) is 2.82. The SMILES string of the molecule is CC.FC(F)(F)c1ccc(-c2cnn3ccc(CBr)cc23)cc1. The van der Waals surface area contributed by atoms with Gasteiger partial charge < -0.3 is 0 Å². The van der Waals surface area contributed by atoms with Crippen LogP contribution in [0.25, 0.3) is 16.6 Å². The average molecular weight is 385 g/mol. The molecule has 0 aliphatic heterocycles. The second kappa shape index (κ2) is 7.17. The van der Waals surface area contributed by atoms with Crippen molar-refractivity contribution in [2.24, 2.45) is 0 Å². The van der Waals surface area contributed by atoms with Crippen molar-refractivity contribution in [2.45, 2.75) is 25.4 Å². The highest BCUT2D eigenvalue weighted by Crippen LogP contribution is 2.32. The molecule has 122 valence electrons. The van der Waals surface area contributed by atoms with Gasteiger partial charge in [0.25, 0.3) is 0 Å².